The molecule has 0 radical (unpaired) electrons. The van der Waals surface area contributed by atoms with Crippen molar-refractivity contribution in [3.8, 4) is 0 Å². The first kappa shape index (κ1) is 17.1. The van der Waals surface area contributed by atoms with E-state index in [1.165, 1.54) is 0 Å². The van der Waals surface area contributed by atoms with Crippen LogP contribution in [0.15, 0.2) is 12.1 Å². The van der Waals surface area contributed by atoms with Crippen molar-refractivity contribution in [3.63, 3.8) is 0 Å². The molecule has 19 heavy (non-hydrogen) atoms. The molecule has 0 saturated carbocycles. The van der Waals surface area contributed by atoms with Crippen molar-refractivity contribution >= 4 is 34.8 Å². The van der Waals surface area contributed by atoms with Gasteiger partial charge < -0.3 is 10.4 Å². The van der Waals surface area contributed by atoms with Gasteiger partial charge in [-0.15, -0.1) is 0 Å². The molecule has 2 N–H and O–H groups in total. The first-order valence-electron chi connectivity index (χ1n) is 6.48. The number of nitrogens with one attached hydrogen (secondary N) is 1. The van der Waals surface area contributed by atoms with Gasteiger partial charge in [0.2, 0.25) is 0 Å². The third-order valence-corrected chi connectivity index (χ3v) is 4.67. The molecule has 2 nitrogen and oxygen atoms in total. The monoisotopic (exact) mass is 323 g/mol. The quantitative estimate of drug-likeness (QED) is 0.712. The van der Waals surface area contributed by atoms with Crippen LogP contribution in [-0.4, -0.2) is 18.3 Å². The summed E-state index contributed by atoms with van der Waals surface area (Å²) in [5, 5.41) is 13.8. The van der Waals surface area contributed by atoms with E-state index in [1.807, 2.05) is 13.0 Å². The Morgan fingerprint density at radius 1 is 1.21 bits per heavy atom. The van der Waals surface area contributed by atoms with Crippen LogP contribution >= 0.6 is 34.8 Å². The smallest absolute Gasteiger partial charge is 0.0781 e. The van der Waals surface area contributed by atoms with Crippen LogP contribution in [0.25, 0.3) is 0 Å². The summed E-state index contributed by atoms with van der Waals surface area (Å²) in [5.74, 6) is 0.467. The predicted molar refractivity (Wildman–Crippen MR) is 83.4 cm³/mol. The second-order valence-corrected chi connectivity index (χ2v) is 5.84. The van der Waals surface area contributed by atoms with Crippen molar-refractivity contribution in [2.24, 2.45) is 5.92 Å². The molecule has 0 fully saturated rings. The molecule has 0 aliphatic carbocycles. The van der Waals surface area contributed by atoms with E-state index in [9.17, 15) is 0 Å². The lowest BCUT2D eigenvalue weighted by atomic mass is 10.0. The molecule has 0 aliphatic rings. The normalized spacial score (nSPS) is 14.4. The van der Waals surface area contributed by atoms with E-state index in [4.69, 9.17) is 39.9 Å². The van der Waals surface area contributed by atoms with Gasteiger partial charge in [0.15, 0.2) is 0 Å². The minimum Gasteiger partial charge on any atom is -0.396 e. The molecule has 1 aromatic carbocycles. The fourth-order valence-corrected chi connectivity index (χ4v) is 2.67. The summed E-state index contributed by atoms with van der Waals surface area (Å²) in [5.41, 5.74) is 0.940. The van der Waals surface area contributed by atoms with Gasteiger partial charge >= 0.3 is 0 Å². The van der Waals surface area contributed by atoms with Crippen molar-refractivity contribution < 1.29 is 5.11 Å². The van der Waals surface area contributed by atoms with Gasteiger partial charge in [-0.25, -0.2) is 0 Å². The Morgan fingerprint density at radius 2 is 1.89 bits per heavy atom. The molecule has 0 amide bonds. The van der Waals surface area contributed by atoms with Crippen LogP contribution in [0.1, 0.15) is 38.3 Å². The minimum absolute atomic E-state index is 0.0926. The second-order valence-electron chi connectivity index (χ2n) is 4.68. The molecule has 0 aromatic heterocycles. The van der Waals surface area contributed by atoms with Gasteiger partial charge in [0.25, 0.3) is 0 Å². The maximum atomic E-state index is 8.98. The number of aliphatic hydroxyl groups is 1. The number of benzene rings is 1. The van der Waals surface area contributed by atoms with Crippen LogP contribution in [0.2, 0.25) is 15.1 Å². The molecule has 1 aromatic rings. The zero-order chi connectivity index (χ0) is 14.4. The molecule has 0 saturated heterocycles. The summed E-state index contributed by atoms with van der Waals surface area (Å²) in [7, 11) is 0. The topological polar surface area (TPSA) is 32.3 Å². The Hall–Kier alpha value is 0.01000. The maximum absolute atomic E-state index is 8.98. The van der Waals surface area contributed by atoms with E-state index in [0.717, 1.165) is 24.9 Å². The summed E-state index contributed by atoms with van der Waals surface area (Å²) in [4.78, 5) is 0. The van der Waals surface area contributed by atoms with Gasteiger partial charge in [0.05, 0.1) is 15.1 Å². The largest absolute Gasteiger partial charge is 0.396 e. The highest BCUT2D eigenvalue weighted by Crippen LogP contribution is 2.35. The van der Waals surface area contributed by atoms with E-state index in [2.05, 4.69) is 12.2 Å². The highest BCUT2D eigenvalue weighted by atomic mass is 35.5. The molecular weight excluding hydrogens is 305 g/mol. The van der Waals surface area contributed by atoms with Crippen LogP contribution < -0.4 is 5.32 Å². The van der Waals surface area contributed by atoms with Crippen molar-refractivity contribution in [2.45, 2.75) is 32.7 Å². The Bertz CT molecular complexity index is 412. The van der Waals surface area contributed by atoms with Crippen LogP contribution in [-0.2, 0) is 0 Å². The summed E-state index contributed by atoms with van der Waals surface area (Å²) in [6.45, 7) is 5.23. The fourth-order valence-electron chi connectivity index (χ4n) is 1.96. The summed E-state index contributed by atoms with van der Waals surface area (Å²) < 4.78 is 0. The van der Waals surface area contributed by atoms with Crippen molar-refractivity contribution in [1.29, 1.82) is 0 Å². The molecule has 0 heterocycles. The number of halogens is 3. The number of hydrogen-bond acceptors (Lipinski definition) is 2. The zero-order valence-corrected chi connectivity index (χ0v) is 13.5. The van der Waals surface area contributed by atoms with E-state index in [-0.39, 0.29) is 12.6 Å². The third kappa shape index (κ3) is 4.80. The van der Waals surface area contributed by atoms with Gasteiger partial charge in [0.1, 0.15) is 0 Å². The van der Waals surface area contributed by atoms with Gasteiger partial charge in [-0.05, 0) is 37.4 Å². The minimum atomic E-state index is 0.0926. The van der Waals surface area contributed by atoms with Crippen LogP contribution in [0.4, 0.5) is 0 Å². The van der Waals surface area contributed by atoms with E-state index in [1.54, 1.807) is 6.07 Å². The number of hydrogen-bond donors (Lipinski definition) is 2. The molecule has 2 unspecified atom stereocenters. The van der Waals surface area contributed by atoms with Crippen molar-refractivity contribution in [2.75, 3.05) is 13.2 Å². The van der Waals surface area contributed by atoms with Crippen LogP contribution in [0.5, 0.6) is 0 Å². The average Bonchev–Trinajstić information content (AvgIpc) is 2.40. The average molecular weight is 325 g/mol. The van der Waals surface area contributed by atoms with E-state index < -0.39 is 0 Å². The first-order valence-corrected chi connectivity index (χ1v) is 7.62. The Morgan fingerprint density at radius 3 is 2.47 bits per heavy atom. The lowest BCUT2D eigenvalue weighted by Gasteiger charge is -2.20. The second kappa shape index (κ2) is 8.33. The van der Waals surface area contributed by atoms with Crippen LogP contribution in [0.3, 0.4) is 0 Å². The van der Waals surface area contributed by atoms with E-state index >= 15 is 0 Å². The van der Waals surface area contributed by atoms with Crippen molar-refractivity contribution in [3.05, 3.63) is 32.8 Å². The SMILES string of the molecule is CCC(CCO)CNC(C)c1ccc(Cl)c(Cl)c1Cl. The molecule has 108 valence electrons. The lowest BCUT2D eigenvalue weighted by molar-refractivity contribution is 0.249. The highest BCUT2D eigenvalue weighted by molar-refractivity contribution is 6.48. The number of rotatable bonds is 7. The molecule has 0 spiro atoms. The van der Waals surface area contributed by atoms with Gasteiger partial charge in [-0.3, -0.25) is 0 Å². The van der Waals surface area contributed by atoms with Crippen LogP contribution in [0, 0.1) is 5.92 Å². The summed E-state index contributed by atoms with van der Waals surface area (Å²) in [6.07, 6.45) is 1.85. The standard InChI is InChI=1S/C14H20Cl3NO/c1-3-10(6-7-19)8-18-9(2)11-4-5-12(15)14(17)13(11)16/h4-5,9-10,18-19H,3,6-8H2,1-2H3. The Balaban J connectivity index is 2.68. The van der Waals surface area contributed by atoms with Gasteiger partial charge in [-0.1, -0.05) is 54.2 Å². The molecular formula is C14H20Cl3NO. The molecule has 0 bridgehead atoms. The summed E-state index contributed by atoms with van der Waals surface area (Å²) in [6, 6.07) is 3.74. The van der Waals surface area contributed by atoms with Crippen molar-refractivity contribution in [1.82, 2.24) is 5.32 Å². The van der Waals surface area contributed by atoms with E-state index in [0.29, 0.717) is 21.0 Å². The van der Waals surface area contributed by atoms with Gasteiger partial charge in [-0.2, -0.15) is 0 Å². The lowest BCUT2D eigenvalue weighted by Crippen LogP contribution is -2.26. The molecule has 0 aliphatic heterocycles. The first-order chi connectivity index (χ1) is 9.01. The fraction of sp³-hybridized carbons (Fsp3) is 0.571. The maximum Gasteiger partial charge on any atom is 0.0781 e. The Labute approximate surface area is 130 Å². The zero-order valence-electron chi connectivity index (χ0n) is 11.2. The third-order valence-electron chi connectivity index (χ3n) is 3.36. The molecule has 5 heteroatoms. The molecule has 1 rings (SSSR count). The molecule has 2 atom stereocenters. The van der Waals surface area contributed by atoms with Gasteiger partial charge in [0, 0.05) is 12.6 Å². The number of aliphatic hydroxyl groups excluding tert-OH is 1. The summed E-state index contributed by atoms with van der Waals surface area (Å²) >= 11 is 18.2. The highest BCUT2D eigenvalue weighted by Gasteiger charge is 2.15. The Kier molecular flexibility index (Phi) is 7.48. The predicted octanol–water partition coefficient (Wildman–Crippen LogP) is 4.71.